The molecule has 0 aliphatic heterocycles. The maximum Gasteiger partial charge on any atom is 0.302 e. The minimum atomic E-state index is -0.661. The van der Waals surface area contributed by atoms with Crippen LogP contribution in [0.4, 0.5) is 11.6 Å². The van der Waals surface area contributed by atoms with Gasteiger partial charge in [0.05, 0.1) is 5.69 Å². The summed E-state index contributed by atoms with van der Waals surface area (Å²) in [5.74, 6) is 0.139. The zero-order chi connectivity index (χ0) is 16.4. The number of guanidine groups is 1. The lowest BCUT2D eigenvalue weighted by Gasteiger charge is -2.28. The van der Waals surface area contributed by atoms with Crippen LogP contribution < -0.4 is 22.1 Å². The molecule has 2 rings (SSSR count). The van der Waals surface area contributed by atoms with E-state index in [1.54, 1.807) is 0 Å². The van der Waals surface area contributed by atoms with Crippen LogP contribution in [-0.4, -0.2) is 34.4 Å². The molecule has 1 fully saturated rings. The van der Waals surface area contributed by atoms with Gasteiger partial charge in [-0.25, -0.2) is 9.97 Å². The zero-order valence-electron chi connectivity index (χ0n) is 13.2. The quantitative estimate of drug-likeness (QED) is 0.534. The van der Waals surface area contributed by atoms with Crippen molar-refractivity contribution in [3.63, 3.8) is 0 Å². The molecule has 1 aromatic rings. The minimum absolute atomic E-state index is 0.0128. The largest absolute Gasteiger partial charge is 0.382 e. The Kier molecular flexibility index (Phi) is 4.48. The third-order valence-corrected chi connectivity index (χ3v) is 3.56. The molecule has 1 amide bonds. The molecule has 0 saturated heterocycles. The molecule has 120 valence electrons. The highest BCUT2D eigenvalue weighted by Crippen LogP contribution is 2.43. The highest BCUT2D eigenvalue weighted by Gasteiger charge is 2.32. The second-order valence-corrected chi connectivity index (χ2v) is 5.66. The maximum absolute atomic E-state index is 12.0. The molecule has 0 aromatic carbocycles. The molecule has 1 aromatic heterocycles. The number of nitrogens with two attached hydrogens (primary N) is 3. The first kappa shape index (κ1) is 16.0. The van der Waals surface area contributed by atoms with E-state index in [-0.39, 0.29) is 23.5 Å². The van der Waals surface area contributed by atoms with Crippen molar-refractivity contribution in [2.75, 3.05) is 17.2 Å². The smallest absolute Gasteiger partial charge is 0.302 e. The van der Waals surface area contributed by atoms with E-state index in [0.717, 1.165) is 30.9 Å². The summed E-state index contributed by atoms with van der Waals surface area (Å²) in [4.78, 5) is 26.5. The van der Waals surface area contributed by atoms with Gasteiger partial charge in [0, 0.05) is 18.5 Å². The predicted octanol–water partition coefficient (Wildman–Crippen LogP) is 0.585. The van der Waals surface area contributed by atoms with E-state index < -0.39 is 5.91 Å². The van der Waals surface area contributed by atoms with Gasteiger partial charge in [0.2, 0.25) is 0 Å². The van der Waals surface area contributed by atoms with Crippen LogP contribution in [0.5, 0.6) is 0 Å². The molecule has 0 radical (unpaired) electrons. The number of aliphatic imine (C=N–C) groups is 1. The number of rotatable bonds is 5. The molecule has 0 unspecified atom stereocenters. The van der Waals surface area contributed by atoms with Crippen molar-refractivity contribution < 1.29 is 4.79 Å². The van der Waals surface area contributed by atoms with Crippen molar-refractivity contribution in [2.24, 2.45) is 16.5 Å². The van der Waals surface area contributed by atoms with Crippen molar-refractivity contribution >= 4 is 23.5 Å². The van der Waals surface area contributed by atoms with Gasteiger partial charge < -0.3 is 22.1 Å². The van der Waals surface area contributed by atoms with Crippen LogP contribution in [0.25, 0.3) is 0 Å². The summed E-state index contributed by atoms with van der Waals surface area (Å²) < 4.78 is 0. The molecule has 1 aliphatic carbocycles. The molecule has 6 N–H and O–H groups in total. The SMILES string of the molecule is CCN(c1nc(N)c(C(=O)N=C(N)N)nc1C1CC1)C(C)C. The summed E-state index contributed by atoms with van der Waals surface area (Å²) in [6, 6.07) is 0.260. The fourth-order valence-electron chi connectivity index (χ4n) is 2.38. The van der Waals surface area contributed by atoms with Crippen molar-refractivity contribution in [1.29, 1.82) is 0 Å². The fraction of sp³-hybridized carbons (Fsp3) is 0.571. The number of amides is 1. The lowest BCUT2D eigenvalue weighted by molar-refractivity contribution is 0.0998. The van der Waals surface area contributed by atoms with E-state index in [0.29, 0.717) is 5.92 Å². The monoisotopic (exact) mass is 305 g/mol. The third kappa shape index (κ3) is 3.26. The van der Waals surface area contributed by atoms with Crippen LogP contribution >= 0.6 is 0 Å². The van der Waals surface area contributed by atoms with Crippen molar-refractivity contribution in [3.05, 3.63) is 11.4 Å². The van der Waals surface area contributed by atoms with E-state index in [1.807, 2.05) is 6.92 Å². The number of hydrogen-bond donors (Lipinski definition) is 3. The van der Waals surface area contributed by atoms with Crippen LogP contribution in [0.15, 0.2) is 4.99 Å². The molecular formula is C14H23N7O. The Hall–Kier alpha value is -2.38. The third-order valence-electron chi connectivity index (χ3n) is 3.56. The Morgan fingerprint density at radius 2 is 2.00 bits per heavy atom. The number of anilines is 2. The zero-order valence-corrected chi connectivity index (χ0v) is 13.2. The lowest BCUT2D eigenvalue weighted by Crippen LogP contribution is -2.33. The molecule has 8 heteroatoms. The highest BCUT2D eigenvalue weighted by atomic mass is 16.1. The predicted molar refractivity (Wildman–Crippen MR) is 86.7 cm³/mol. The fourth-order valence-corrected chi connectivity index (χ4v) is 2.38. The molecule has 8 nitrogen and oxygen atoms in total. The van der Waals surface area contributed by atoms with Crippen LogP contribution in [0.2, 0.25) is 0 Å². The number of aromatic nitrogens is 2. The molecular weight excluding hydrogens is 282 g/mol. The van der Waals surface area contributed by atoms with Gasteiger partial charge in [0.25, 0.3) is 0 Å². The number of nitrogens with zero attached hydrogens (tertiary/aromatic N) is 4. The summed E-state index contributed by atoms with van der Waals surface area (Å²) in [6.45, 7) is 6.99. The van der Waals surface area contributed by atoms with E-state index in [2.05, 4.69) is 33.7 Å². The van der Waals surface area contributed by atoms with Crippen molar-refractivity contribution in [1.82, 2.24) is 9.97 Å². The second kappa shape index (κ2) is 6.17. The summed E-state index contributed by atoms with van der Waals surface area (Å²) in [6.07, 6.45) is 2.08. The number of carbonyl (C=O) groups is 1. The number of hydrogen-bond acceptors (Lipinski definition) is 5. The van der Waals surface area contributed by atoms with Gasteiger partial charge in [0.1, 0.15) is 0 Å². The van der Waals surface area contributed by atoms with Gasteiger partial charge >= 0.3 is 5.91 Å². The molecule has 22 heavy (non-hydrogen) atoms. The molecule has 0 atom stereocenters. The summed E-state index contributed by atoms with van der Waals surface area (Å²) in [5.41, 5.74) is 17.2. The highest BCUT2D eigenvalue weighted by molar-refractivity contribution is 6.03. The van der Waals surface area contributed by atoms with E-state index >= 15 is 0 Å². The van der Waals surface area contributed by atoms with E-state index in [1.165, 1.54) is 0 Å². The Labute approximate surface area is 129 Å². The van der Waals surface area contributed by atoms with Crippen LogP contribution in [0, 0.1) is 0 Å². The van der Waals surface area contributed by atoms with Crippen molar-refractivity contribution in [2.45, 2.75) is 45.6 Å². The average Bonchev–Trinajstić information content (AvgIpc) is 3.22. The minimum Gasteiger partial charge on any atom is -0.382 e. The summed E-state index contributed by atoms with van der Waals surface area (Å²) in [5, 5.41) is 0. The second-order valence-electron chi connectivity index (χ2n) is 5.66. The first-order valence-corrected chi connectivity index (χ1v) is 7.43. The average molecular weight is 305 g/mol. The number of carbonyl (C=O) groups excluding carboxylic acids is 1. The summed E-state index contributed by atoms with van der Waals surface area (Å²) >= 11 is 0. The Balaban J connectivity index is 2.51. The Morgan fingerprint density at radius 3 is 2.45 bits per heavy atom. The molecule has 1 aliphatic rings. The van der Waals surface area contributed by atoms with Crippen LogP contribution in [-0.2, 0) is 0 Å². The lowest BCUT2D eigenvalue weighted by atomic mass is 10.2. The molecule has 0 bridgehead atoms. The molecule has 1 saturated carbocycles. The van der Waals surface area contributed by atoms with E-state index in [9.17, 15) is 4.79 Å². The maximum atomic E-state index is 12.0. The van der Waals surface area contributed by atoms with Gasteiger partial charge in [-0.3, -0.25) is 4.79 Å². The first-order valence-electron chi connectivity index (χ1n) is 7.43. The Morgan fingerprint density at radius 1 is 1.36 bits per heavy atom. The number of nitrogen functional groups attached to an aromatic ring is 1. The molecule has 0 spiro atoms. The first-order chi connectivity index (χ1) is 10.3. The van der Waals surface area contributed by atoms with Gasteiger partial charge in [0.15, 0.2) is 23.3 Å². The van der Waals surface area contributed by atoms with Gasteiger partial charge in [-0.05, 0) is 33.6 Å². The normalized spacial score (nSPS) is 14.0. The summed E-state index contributed by atoms with van der Waals surface area (Å²) in [7, 11) is 0. The van der Waals surface area contributed by atoms with Crippen LogP contribution in [0.3, 0.4) is 0 Å². The Bertz CT molecular complexity index is 603. The van der Waals surface area contributed by atoms with Gasteiger partial charge in [-0.1, -0.05) is 0 Å². The van der Waals surface area contributed by atoms with Gasteiger partial charge in [-0.2, -0.15) is 4.99 Å². The van der Waals surface area contributed by atoms with Gasteiger partial charge in [-0.15, -0.1) is 0 Å². The van der Waals surface area contributed by atoms with E-state index in [4.69, 9.17) is 17.2 Å². The standard InChI is InChI=1S/C14H23N7O/c1-4-21(7(2)3)12-9(8-5-6-8)18-10(11(15)19-12)13(22)20-14(16)17/h7-8H,4-6H2,1-3H3,(H2,15,19)(H4,16,17,20,22). The van der Waals surface area contributed by atoms with Crippen molar-refractivity contribution in [3.8, 4) is 0 Å². The van der Waals surface area contributed by atoms with Crippen LogP contribution in [0.1, 0.15) is 55.7 Å². The topological polar surface area (TPSA) is 137 Å². The molecule has 1 heterocycles.